The number of hydrogen-bond donors (Lipinski definition) is 0. The Morgan fingerprint density at radius 3 is 2.30 bits per heavy atom. The van der Waals surface area contributed by atoms with Crippen molar-refractivity contribution in [3.63, 3.8) is 0 Å². The minimum absolute atomic E-state index is 0.117. The zero-order valence-electron chi connectivity index (χ0n) is 6.61. The van der Waals surface area contributed by atoms with E-state index in [1.54, 1.807) is 0 Å². The maximum Gasteiger partial charge on any atom is 0.0502 e. The second kappa shape index (κ2) is 6.30. The van der Waals surface area contributed by atoms with Gasteiger partial charge in [-0.25, -0.2) is 0 Å². The van der Waals surface area contributed by atoms with Crippen molar-refractivity contribution in [3.05, 3.63) is 6.42 Å². The number of alkyl halides is 2. The number of halogens is 2. The minimum atomic E-state index is 0.117. The van der Waals surface area contributed by atoms with Gasteiger partial charge in [0.25, 0.3) is 0 Å². The topological polar surface area (TPSA) is 0 Å². The Balaban J connectivity index is 3.38. The summed E-state index contributed by atoms with van der Waals surface area (Å²) in [5.74, 6) is 0. The predicted molar refractivity (Wildman–Crippen MR) is 48.8 cm³/mol. The molecule has 1 radical (unpaired) electrons. The van der Waals surface area contributed by atoms with E-state index in [9.17, 15) is 0 Å². The molecule has 0 heterocycles. The lowest BCUT2D eigenvalue weighted by Crippen LogP contribution is -2.14. The average Bonchev–Trinajstić information content (AvgIpc) is 1.89. The summed E-state index contributed by atoms with van der Waals surface area (Å²) in [4.78, 5) is 0. The van der Waals surface area contributed by atoms with Crippen LogP contribution in [-0.2, 0) is 0 Å². The number of hydrogen-bond acceptors (Lipinski definition) is 0. The largest absolute Gasteiger partial charge is 0.121 e. The highest BCUT2D eigenvalue weighted by atomic mass is 35.5. The summed E-state index contributed by atoms with van der Waals surface area (Å²) >= 11 is 11.9. The molecule has 0 aromatic heterocycles. The summed E-state index contributed by atoms with van der Waals surface area (Å²) in [5, 5.41) is 0.259. The van der Waals surface area contributed by atoms with Gasteiger partial charge in [-0.05, 0) is 19.3 Å². The van der Waals surface area contributed by atoms with E-state index >= 15 is 0 Å². The molecule has 2 atom stereocenters. The number of rotatable bonds is 5. The molecule has 0 aromatic rings. The van der Waals surface area contributed by atoms with E-state index in [0.717, 1.165) is 19.3 Å². The molecule has 2 unspecified atom stereocenters. The van der Waals surface area contributed by atoms with Crippen molar-refractivity contribution in [2.75, 3.05) is 0 Å². The van der Waals surface area contributed by atoms with E-state index < -0.39 is 0 Å². The Bertz CT molecular complexity index is 63.7. The van der Waals surface area contributed by atoms with E-state index in [0.29, 0.717) is 0 Å². The fourth-order valence-corrected chi connectivity index (χ4v) is 1.45. The van der Waals surface area contributed by atoms with Gasteiger partial charge >= 0.3 is 0 Å². The normalized spacial score (nSPS) is 16.8. The molecule has 0 bridgehead atoms. The van der Waals surface area contributed by atoms with Crippen LogP contribution in [0.15, 0.2) is 0 Å². The third kappa shape index (κ3) is 4.40. The summed E-state index contributed by atoms with van der Waals surface area (Å²) in [6.07, 6.45) is 5.10. The maximum atomic E-state index is 5.96. The third-order valence-corrected chi connectivity index (χ3v) is 2.55. The van der Waals surface area contributed by atoms with E-state index in [1.165, 1.54) is 0 Å². The Kier molecular flexibility index (Phi) is 6.67. The van der Waals surface area contributed by atoms with Crippen molar-refractivity contribution in [2.45, 2.75) is 43.9 Å². The van der Waals surface area contributed by atoms with E-state index in [4.69, 9.17) is 23.2 Å². The molecule has 0 spiro atoms. The zero-order chi connectivity index (χ0) is 7.98. The molecule has 0 nitrogen and oxygen atoms in total. The third-order valence-electron chi connectivity index (χ3n) is 1.42. The average molecular weight is 182 g/mol. The van der Waals surface area contributed by atoms with Crippen molar-refractivity contribution in [1.82, 2.24) is 0 Å². The molecule has 0 aliphatic carbocycles. The van der Waals surface area contributed by atoms with Crippen LogP contribution in [0.3, 0.4) is 0 Å². The van der Waals surface area contributed by atoms with Crippen molar-refractivity contribution in [1.29, 1.82) is 0 Å². The van der Waals surface area contributed by atoms with Gasteiger partial charge in [-0.15, -0.1) is 23.2 Å². The highest BCUT2D eigenvalue weighted by Gasteiger charge is 2.13. The SMILES string of the molecule is C[CH]CC(Cl)C(Cl)CCC. The summed E-state index contributed by atoms with van der Waals surface area (Å²) in [6.45, 7) is 4.12. The van der Waals surface area contributed by atoms with E-state index in [-0.39, 0.29) is 10.8 Å². The molecule has 0 aromatic carbocycles. The molecule has 0 amide bonds. The summed E-state index contributed by atoms with van der Waals surface area (Å²) in [5.41, 5.74) is 0. The van der Waals surface area contributed by atoms with Crippen LogP contribution < -0.4 is 0 Å². The maximum absolute atomic E-state index is 5.96. The quantitative estimate of drug-likeness (QED) is 0.569. The van der Waals surface area contributed by atoms with Crippen LogP contribution in [0.25, 0.3) is 0 Å². The lowest BCUT2D eigenvalue weighted by molar-refractivity contribution is 0.678. The molecular weight excluding hydrogens is 167 g/mol. The first-order chi connectivity index (χ1) is 4.72. The fourth-order valence-electron chi connectivity index (χ4n) is 0.829. The van der Waals surface area contributed by atoms with Gasteiger partial charge in [-0.1, -0.05) is 20.3 Å². The van der Waals surface area contributed by atoms with Gasteiger partial charge in [0, 0.05) is 5.38 Å². The van der Waals surface area contributed by atoms with E-state index in [2.05, 4.69) is 13.3 Å². The van der Waals surface area contributed by atoms with Gasteiger partial charge in [0.2, 0.25) is 0 Å². The Morgan fingerprint density at radius 1 is 1.30 bits per heavy atom. The lowest BCUT2D eigenvalue weighted by atomic mass is 10.1. The standard InChI is InChI=1S/C8H15Cl2/c1-3-5-7(9)8(10)6-4-2/h3,7-8H,4-6H2,1-2H3. The van der Waals surface area contributed by atoms with Crippen molar-refractivity contribution < 1.29 is 0 Å². The fraction of sp³-hybridized carbons (Fsp3) is 0.875. The van der Waals surface area contributed by atoms with Crippen LogP contribution >= 0.6 is 23.2 Å². The zero-order valence-corrected chi connectivity index (χ0v) is 8.12. The van der Waals surface area contributed by atoms with Crippen molar-refractivity contribution in [3.8, 4) is 0 Å². The molecule has 0 aliphatic rings. The highest BCUT2D eigenvalue weighted by Crippen LogP contribution is 2.19. The molecule has 0 saturated heterocycles. The van der Waals surface area contributed by atoms with Crippen molar-refractivity contribution >= 4 is 23.2 Å². The first-order valence-electron chi connectivity index (χ1n) is 3.78. The monoisotopic (exact) mass is 181 g/mol. The molecule has 0 saturated carbocycles. The van der Waals surface area contributed by atoms with Crippen LogP contribution in [0.4, 0.5) is 0 Å². The summed E-state index contributed by atoms with van der Waals surface area (Å²) in [6, 6.07) is 0. The van der Waals surface area contributed by atoms with Crippen LogP contribution in [0, 0.1) is 6.42 Å². The Hall–Kier alpha value is 0.580. The lowest BCUT2D eigenvalue weighted by Gasteiger charge is -2.13. The smallest absolute Gasteiger partial charge is 0.0502 e. The Morgan fingerprint density at radius 2 is 1.90 bits per heavy atom. The summed E-state index contributed by atoms with van der Waals surface area (Å²) in [7, 11) is 0. The molecule has 0 N–H and O–H groups in total. The van der Waals surface area contributed by atoms with Crippen LogP contribution in [0.5, 0.6) is 0 Å². The second-order valence-electron chi connectivity index (χ2n) is 2.46. The summed E-state index contributed by atoms with van der Waals surface area (Å²) < 4.78 is 0. The predicted octanol–water partition coefficient (Wildman–Crippen LogP) is 3.62. The molecular formula is C8H15Cl2. The van der Waals surface area contributed by atoms with Gasteiger partial charge in [0.05, 0.1) is 5.38 Å². The minimum Gasteiger partial charge on any atom is -0.121 e. The van der Waals surface area contributed by atoms with Gasteiger partial charge < -0.3 is 0 Å². The molecule has 61 valence electrons. The molecule has 10 heavy (non-hydrogen) atoms. The first-order valence-corrected chi connectivity index (χ1v) is 4.65. The van der Waals surface area contributed by atoms with Crippen LogP contribution in [0.2, 0.25) is 0 Å². The highest BCUT2D eigenvalue weighted by molar-refractivity contribution is 6.30. The van der Waals surface area contributed by atoms with Crippen LogP contribution in [-0.4, -0.2) is 10.8 Å². The van der Waals surface area contributed by atoms with Gasteiger partial charge in [0.1, 0.15) is 0 Å². The molecule has 0 aliphatic heterocycles. The van der Waals surface area contributed by atoms with Crippen LogP contribution in [0.1, 0.15) is 33.1 Å². The van der Waals surface area contributed by atoms with Gasteiger partial charge in [-0.2, -0.15) is 0 Å². The van der Waals surface area contributed by atoms with E-state index in [1.807, 2.05) is 6.92 Å². The van der Waals surface area contributed by atoms with Crippen molar-refractivity contribution in [2.24, 2.45) is 0 Å². The van der Waals surface area contributed by atoms with Gasteiger partial charge in [-0.3, -0.25) is 0 Å². The molecule has 0 rings (SSSR count). The molecule has 2 heteroatoms. The Labute approximate surface area is 73.9 Å². The molecule has 0 fully saturated rings. The second-order valence-corrected chi connectivity index (χ2v) is 3.59. The van der Waals surface area contributed by atoms with Gasteiger partial charge in [0.15, 0.2) is 0 Å². The first kappa shape index (κ1) is 10.6.